The van der Waals surface area contributed by atoms with E-state index in [1.807, 2.05) is 0 Å². The number of anilines is 1. The molecule has 0 saturated carbocycles. The zero-order valence-electron chi connectivity index (χ0n) is 15.4. The number of furan rings is 1. The van der Waals surface area contributed by atoms with Gasteiger partial charge in [0.25, 0.3) is 11.8 Å². The minimum atomic E-state index is -4.72. The maximum absolute atomic E-state index is 13.3. The van der Waals surface area contributed by atoms with Crippen LogP contribution in [0.15, 0.2) is 58.0 Å². The number of carbonyl (C=O) groups is 2. The van der Waals surface area contributed by atoms with Crippen molar-refractivity contribution >= 4 is 17.5 Å². The van der Waals surface area contributed by atoms with E-state index in [1.165, 1.54) is 18.2 Å². The third-order valence-corrected chi connectivity index (χ3v) is 4.28. The molecule has 0 aliphatic rings. The van der Waals surface area contributed by atoms with Gasteiger partial charge < -0.3 is 19.1 Å². The molecule has 7 nitrogen and oxygen atoms in total. The number of aromatic nitrogens is 1. The number of nitrogens with zero attached hydrogens (tertiary/aromatic N) is 2. The summed E-state index contributed by atoms with van der Waals surface area (Å²) in [5.41, 5.74) is -1.52. The Balaban J connectivity index is 1.92. The second-order valence-corrected chi connectivity index (χ2v) is 6.22. The van der Waals surface area contributed by atoms with Crippen LogP contribution in [0, 0.1) is 0 Å². The lowest BCUT2D eigenvalue weighted by atomic mass is 10.1. The molecule has 29 heavy (non-hydrogen) atoms. The first-order chi connectivity index (χ1) is 13.7. The lowest BCUT2D eigenvalue weighted by Crippen LogP contribution is -2.30. The van der Waals surface area contributed by atoms with Gasteiger partial charge in [0.05, 0.1) is 24.1 Å². The first-order valence-corrected chi connectivity index (χ1v) is 8.39. The predicted octanol–water partition coefficient (Wildman–Crippen LogP) is 4.37. The van der Waals surface area contributed by atoms with Crippen molar-refractivity contribution in [3.05, 3.63) is 71.8 Å². The number of nitrogens with one attached hydrogen (secondary N) is 1. The first kappa shape index (κ1) is 20.2. The lowest BCUT2D eigenvalue weighted by molar-refractivity contribution is -0.137. The zero-order chi connectivity index (χ0) is 21.2. The van der Waals surface area contributed by atoms with Gasteiger partial charge in [0.15, 0.2) is 6.39 Å². The minimum Gasteiger partial charge on any atom is -0.467 e. The fraction of sp³-hybridized carbons (Fsp3) is 0.211. The average Bonchev–Trinajstić information content (AvgIpc) is 3.39. The van der Waals surface area contributed by atoms with E-state index < -0.39 is 29.6 Å². The highest BCUT2D eigenvalue weighted by atomic mass is 19.4. The Labute approximate surface area is 163 Å². The molecular formula is C19H16F3N3O4. The number of hydrogen-bond donors (Lipinski definition) is 1. The quantitative estimate of drug-likeness (QED) is 0.678. The van der Waals surface area contributed by atoms with E-state index in [2.05, 4.69) is 10.3 Å². The summed E-state index contributed by atoms with van der Waals surface area (Å²) in [7, 11) is 1.45. The largest absolute Gasteiger partial charge is 0.467 e. The summed E-state index contributed by atoms with van der Waals surface area (Å²) in [5, 5.41) is 2.29. The van der Waals surface area contributed by atoms with E-state index in [4.69, 9.17) is 8.83 Å². The fourth-order valence-corrected chi connectivity index (χ4v) is 2.61. The first-order valence-electron chi connectivity index (χ1n) is 8.39. The summed E-state index contributed by atoms with van der Waals surface area (Å²) < 4.78 is 50.0. The van der Waals surface area contributed by atoms with Gasteiger partial charge in [-0.15, -0.1) is 0 Å². The highest BCUT2D eigenvalue weighted by molar-refractivity contribution is 6.03. The van der Waals surface area contributed by atoms with Crippen LogP contribution in [0.1, 0.15) is 45.2 Å². The third kappa shape index (κ3) is 4.48. The Morgan fingerprint density at radius 3 is 2.55 bits per heavy atom. The molecule has 152 valence electrons. The molecule has 1 aromatic carbocycles. The summed E-state index contributed by atoms with van der Waals surface area (Å²) in [5.74, 6) is -1.17. The highest BCUT2D eigenvalue weighted by Crippen LogP contribution is 2.33. The Morgan fingerprint density at radius 2 is 1.97 bits per heavy atom. The SMILES string of the molecule is CC(c1ccco1)N(C)C(=O)c1cc(NC(=O)c2cnco2)cc(C(F)(F)F)c1. The van der Waals surface area contributed by atoms with Crippen molar-refractivity contribution in [2.75, 3.05) is 12.4 Å². The van der Waals surface area contributed by atoms with Crippen LogP contribution in [0.2, 0.25) is 0 Å². The van der Waals surface area contributed by atoms with Crippen LogP contribution in [0.4, 0.5) is 18.9 Å². The summed E-state index contributed by atoms with van der Waals surface area (Å²) in [6.07, 6.45) is -1.15. The monoisotopic (exact) mass is 407 g/mol. The van der Waals surface area contributed by atoms with Crippen molar-refractivity contribution in [2.45, 2.75) is 19.1 Å². The topological polar surface area (TPSA) is 88.6 Å². The van der Waals surface area contributed by atoms with Gasteiger partial charge in [0, 0.05) is 18.3 Å². The van der Waals surface area contributed by atoms with Crippen molar-refractivity contribution in [3.8, 4) is 0 Å². The average molecular weight is 407 g/mol. The second kappa shape index (κ2) is 7.82. The second-order valence-electron chi connectivity index (χ2n) is 6.22. The lowest BCUT2D eigenvalue weighted by Gasteiger charge is -2.24. The molecule has 2 heterocycles. The van der Waals surface area contributed by atoms with Gasteiger partial charge in [0.1, 0.15) is 5.76 Å². The molecule has 10 heteroatoms. The number of benzene rings is 1. The molecule has 0 spiro atoms. The van der Waals surface area contributed by atoms with Crippen LogP contribution in [-0.2, 0) is 6.18 Å². The molecular weight excluding hydrogens is 391 g/mol. The molecule has 1 atom stereocenters. The Kier molecular flexibility index (Phi) is 5.44. The molecule has 0 saturated heterocycles. The zero-order valence-corrected chi connectivity index (χ0v) is 15.4. The number of carbonyl (C=O) groups excluding carboxylic acids is 2. The molecule has 0 aliphatic heterocycles. The van der Waals surface area contributed by atoms with Crippen LogP contribution in [0.5, 0.6) is 0 Å². The minimum absolute atomic E-state index is 0.182. The van der Waals surface area contributed by atoms with Gasteiger partial charge >= 0.3 is 6.18 Å². The maximum atomic E-state index is 13.3. The smallest absolute Gasteiger partial charge is 0.416 e. The van der Waals surface area contributed by atoms with Gasteiger partial charge in [-0.25, -0.2) is 4.98 Å². The number of amides is 2. The molecule has 0 bridgehead atoms. The van der Waals surface area contributed by atoms with Crippen LogP contribution in [0.3, 0.4) is 0 Å². The Bertz CT molecular complexity index is 998. The number of rotatable bonds is 5. The van der Waals surface area contributed by atoms with E-state index in [9.17, 15) is 22.8 Å². The van der Waals surface area contributed by atoms with E-state index in [-0.39, 0.29) is 17.0 Å². The molecule has 0 fully saturated rings. The van der Waals surface area contributed by atoms with E-state index >= 15 is 0 Å². The molecule has 1 unspecified atom stereocenters. The number of oxazole rings is 1. The normalized spacial score (nSPS) is 12.4. The summed E-state index contributed by atoms with van der Waals surface area (Å²) >= 11 is 0. The van der Waals surface area contributed by atoms with Crippen molar-refractivity contribution in [3.63, 3.8) is 0 Å². The van der Waals surface area contributed by atoms with Gasteiger partial charge in [0.2, 0.25) is 5.76 Å². The molecule has 0 aliphatic carbocycles. The fourth-order valence-electron chi connectivity index (χ4n) is 2.61. The molecule has 3 rings (SSSR count). The Hall–Kier alpha value is -3.56. The van der Waals surface area contributed by atoms with Gasteiger partial charge in [-0.1, -0.05) is 0 Å². The number of halogens is 3. The van der Waals surface area contributed by atoms with Crippen molar-refractivity contribution in [1.82, 2.24) is 9.88 Å². The molecule has 1 N–H and O–H groups in total. The molecule has 3 aromatic rings. The van der Waals surface area contributed by atoms with Gasteiger partial charge in [-0.05, 0) is 37.3 Å². The predicted molar refractivity (Wildman–Crippen MR) is 95.1 cm³/mol. The van der Waals surface area contributed by atoms with Crippen LogP contribution >= 0.6 is 0 Å². The van der Waals surface area contributed by atoms with Crippen molar-refractivity contribution in [2.24, 2.45) is 0 Å². The molecule has 2 amide bonds. The standard InChI is InChI=1S/C19H16F3N3O4/c1-11(15-4-3-5-28-15)25(2)18(27)12-6-13(19(20,21)22)8-14(7-12)24-17(26)16-9-23-10-29-16/h3-11H,1-2H3,(H,24,26). The van der Waals surface area contributed by atoms with E-state index in [0.29, 0.717) is 5.76 Å². The summed E-state index contributed by atoms with van der Waals surface area (Å²) in [6.45, 7) is 1.68. The Morgan fingerprint density at radius 1 is 1.21 bits per heavy atom. The van der Waals surface area contributed by atoms with Gasteiger partial charge in [-0.2, -0.15) is 13.2 Å². The summed E-state index contributed by atoms with van der Waals surface area (Å²) in [6, 6.07) is 5.42. The summed E-state index contributed by atoms with van der Waals surface area (Å²) in [4.78, 5) is 29.7. The highest BCUT2D eigenvalue weighted by Gasteiger charge is 2.33. The van der Waals surface area contributed by atoms with Crippen LogP contribution < -0.4 is 5.32 Å². The van der Waals surface area contributed by atoms with E-state index in [0.717, 1.165) is 30.8 Å². The molecule has 0 radical (unpaired) electrons. The van der Waals surface area contributed by atoms with Crippen molar-refractivity contribution in [1.29, 1.82) is 0 Å². The van der Waals surface area contributed by atoms with Gasteiger partial charge in [-0.3, -0.25) is 9.59 Å². The molecule has 2 aromatic heterocycles. The van der Waals surface area contributed by atoms with Crippen LogP contribution in [-0.4, -0.2) is 28.7 Å². The van der Waals surface area contributed by atoms with Crippen LogP contribution in [0.25, 0.3) is 0 Å². The van der Waals surface area contributed by atoms with E-state index in [1.54, 1.807) is 19.1 Å². The van der Waals surface area contributed by atoms with Crippen molar-refractivity contribution < 1.29 is 31.6 Å². The number of hydrogen-bond acceptors (Lipinski definition) is 5. The maximum Gasteiger partial charge on any atom is 0.416 e. The third-order valence-electron chi connectivity index (χ3n) is 4.28. The number of alkyl halides is 3.